The summed E-state index contributed by atoms with van der Waals surface area (Å²) >= 11 is 0. The van der Waals surface area contributed by atoms with Gasteiger partial charge in [-0.05, 0) is 55.8 Å². The summed E-state index contributed by atoms with van der Waals surface area (Å²) in [5.74, 6) is 1.16. The Morgan fingerprint density at radius 2 is 1.87 bits per heavy atom. The Labute approximate surface area is 182 Å². The number of ether oxygens (including phenoxy) is 2. The fourth-order valence-corrected chi connectivity index (χ4v) is 4.24. The Morgan fingerprint density at radius 3 is 2.61 bits per heavy atom. The third-order valence-corrected chi connectivity index (χ3v) is 5.91. The molecule has 2 aliphatic heterocycles. The molecule has 164 valence electrons. The normalized spacial score (nSPS) is 17.5. The molecule has 31 heavy (non-hydrogen) atoms. The Bertz CT molecular complexity index is 909. The molecule has 2 heterocycles. The van der Waals surface area contributed by atoms with Crippen molar-refractivity contribution in [2.45, 2.75) is 25.3 Å². The van der Waals surface area contributed by atoms with Crippen molar-refractivity contribution >= 4 is 17.5 Å². The number of likely N-dealkylation sites (tertiary alicyclic amines) is 1. The number of nitrogens with zero attached hydrogens (tertiary/aromatic N) is 2. The second kappa shape index (κ2) is 9.83. The summed E-state index contributed by atoms with van der Waals surface area (Å²) < 4.78 is 10.9. The first kappa shape index (κ1) is 21.2. The van der Waals surface area contributed by atoms with E-state index in [0.717, 1.165) is 24.4 Å². The van der Waals surface area contributed by atoms with Crippen LogP contribution < -0.4 is 19.7 Å². The van der Waals surface area contributed by atoms with Gasteiger partial charge in [-0.15, -0.1) is 0 Å². The Balaban J connectivity index is 1.44. The second-order valence-corrected chi connectivity index (χ2v) is 7.88. The van der Waals surface area contributed by atoms with Crippen molar-refractivity contribution < 1.29 is 19.1 Å². The molecule has 0 aromatic heterocycles. The molecule has 0 spiro atoms. The Hall–Kier alpha value is -3.06. The van der Waals surface area contributed by atoms with Crippen LogP contribution in [0.1, 0.15) is 30.9 Å². The maximum Gasteiger partial charge on any atom is 0.240 e. The summed E-state index contributed by atoms with van der Waals surface area (Å²) in [6.07, 6.45) is 2.59. The maximum atomic E-state index is 12.8. The highest BCUT2D eigenvalue weighted by Crippen LogP contribution is 2.31. The molecular weight excluding hydrogens is 394 g/mol. The van der Waals surface area contributed by atoms with Gasteiger partial charge in [0, 0.05) is 6.54 Å². The van der Waals surface area contributed by atoms with E-state index in [1.165, 1.54) is 17.7 Å². The first-order valence-electron chi connectivity index (χ1n) is 10.8. The van der Waals surface area contributed by atoms with Gasteiger partial charge in [0.05, 0.1) is 31.9 Å². The van der Waals surface area contributed by atoms with Crippen molar-refractivity contribution in [2.75, 3.05) is 44.8 Å². The number of amides is 2. The van der Waals surface area contributed by atoms with Crippen LogP contribution in [0.3, 0.4) is 0 Å². The summed E-state index contributed by atoms with van der Waals surface area (Å²) in [7, 11) is 1.65. The van der Waals surface area contributed by atoms with Gasteiger partial charge >= 0.3 is 0 Å². The van der Waals surface area contributed by atoms with Gasteiger partial charge in [0.1, 0.15) is 18.0 Å². The maximum absolute atomic E-state index is 12.8. The summed E-state index contributed by atoms with van der Waals surface area (Å²) in [5.41, 5.74) is 1.79. The van der Waals surface area contributed by atoms with Crippen LogP contribution >= 0.6 is 0 Å². The zero-order valence-corrected chi connectivity index (χ0v) is 17.9. The molecule has 7 nitrogen and oxygen atoms in total. The number of nitrogens with one attached hydrogen (secondary N) is 1. The predicted octanol–water partition coefficient (Wildman–Crippen LogP) is 2.76. The number of carbonyl (C=O) groups excluding carboxylic acids is 2. The zero-order chi connectivity index (χ0) is 21.6. The number of carbonyl (C=O) groups is 2. The van der Waals surface area contributed by atoms with Gasteiger partial charge in [-0.3, -0.25) is 19.4 Å². The molecule has 0 saturated carbocycles. The average Bonchev–Trinajstić information content (AvgIpc) is 3.28. The van der Waals surface area contributed by atoms with E-state index in [2.05, 4.69) is 22.3 Å². The predicted molar refractivity (Wildman–Crippen MR) is 118 cm³/mol. The number of anilines is 1. The standard InChI is InChI=1S/C24H29N3O4/c1-30-19-10-8-18(9-11-19)21(26-13-4-5-14-26)16-25-23(28)17-27-20-6-2-3-7-22(20)31-15-12-24(27)29/h2-3,6-11,21H,4-5,12-17H2,1H3,(H,25,28)/t21-/m1/s1. The molecule has 0 unspecified atom stereocenters. The monoisotopic (exact) mass is 423 g/mol. The molecule has 0 bridgehead atoms. The lowest BCUT2D eigenvalue weighted by Gasteiger charge is -2.29. The van der Waals surface area contributed by atoms with Gasteiger partial charge < -0.3 is 14.8 Å². The van der Waals surface area contributed by atoms with E-state index < -0.39 is 0 Å². The summed E-state index contributed by atoms with van der Waals surface area (Å²) in [6, 6.07) is 15.5. The number of para-hydroxylation sites is 2. The van der Waals surface area contributed by atoms with E-state index in [0.29, 0.717) is 24.6 Å². The van der Waals surface area contributed by atoms with Gasteiger partial charge in [0.2, 0.25) is 11.8 Å². The number of methoxy groups -OCH3 is 1. The lowest BCUT2D eigenvalue weighted by Crippen LogP contribution is -2.43. The molecule has 7 heteroatoms. The van der Waals surface area contributed by atoms with Crippen LogP contribution in [0.4, 0.5) is 5.69 Å². The summed E-state index contributed by atoms with van der Waals surface area (Å²) in [4.78, 5) is 29.4. The van der Waals surface area contributed by atoms with Gasteiger partial charge in [0.15, 0.2) is 0 Å². The van der Waals surface area contributed by atoms with Crippen LogP contribution in [0.25, 0.3) is 0 Å². The highest BCUT2D eigenvalue weighted by atomic mass is 16.5. The number of benzene rings is 2. The smallest absolute Gasteiger partial charge is 0.240 e. The lowest BCUT2D eigenvalue weighted by atomic mass is 10.1. The van der Waals surface area contributed by atoms with Crippen LogP contribution in [0.5, 0.6) is 11.5 Å². The van der Waals surface area contributed by atoms with Crippen molar-refractivity contribution in [1.82, 2.24) is 10.2 Å². The molecule has 1 saturated heterocycles. The molecule has 1 atom stereocenters. The summed E-state index contributed by atoms with van der Waals surface area (Å²) in [6.45, 7) is 2.83. The van der Waals surface area contributed by atoms with E-state index in [1.54, 1.807) is 7.11 Å². The van der Waals surface area contributed by atoms with E-state index in [1.807, 2.05) is 36.4 Å². The van der Waals surface area contributed by atoms with Crippen LogP contribution in [0, 0.1) is 0 Å². The second-order valence-electron chi connectivity index (χ2n) is 7.88. The van der Waals surface area contributed by atoms with Crippen molar-refractivity contribution in [3.63, 3.8) is 0 Å². The summed E-state index contributed by atoms with van der Waals surface area (Å²) in [5, 5.41) is 3.06. The number of rotatable bonds is 7. The number of hydrogen-bond donors (Lipinski definition) is 1. The SMILES string of the molecule is COc1ccc([C@@H](CNC(=O)CN2C(=O)CCOc3ccccc32)N2CCCC2)cc1. The van der Waals surface area contributed by atoms with E-state index in [9.17, 15) is 9.59 Å². The fourth-order valence-electron chi connectivity index (χ4n) is 4.24. The van der Waals surface area contributed by atoms with Crippen LogP contribution in [-0.4, -0.2) is 56.6 Å². The van der Waals surface area contributed by atoms with Crippen molar-refractivity contribution in [3.05, 3.63) is 54.1 Å². The fraction of sp³-hybridized carbons (Fsp3) is 0.417. The number of fused-ring (bicyclic) bond motifs is 1. The van der Waals surface area contributed by atoms with Gasteiger partial charge in [-0.1, -0.05) is 24.3 Å². The van der Waals surface area contributed by atoms with Crippen LogP contribution in [0.15, 0.2) is 48.5 Å². The zero-order valence-electron chi connectivity index (χ0n) is 17.9. The Kier molecular flexibility index (Phi) is 6.72. The molecule has 0 radical (unpaired) electrons. The minimum atomic E-state index is -0.178. The first-order valence-corrected chi connectivity index (χ1v) is 10.8. The molecular formula is C24H29N3O4. The van der Waals surface area contributed by atoms with Crippen LogP contribution in [0.2, 0.25) is 0 Å². The third-order valence-electron chi connectivity index (χ3n) is 5.91. The lowest BCUT2D eigenvalue weighted by molar-refractivity contribution is -0.124. The topological polar surface area (TPSA) is 71.1 Å². The quantitative estimate of drug-likeness (QED) is 0.742. The largest absolute Gasteiger partial charge is 0.497 e. The van der Waals surface area contributed by atoms with Crippen molar-refractivity contribution in [3.8, 4) is 11.5 Å². The molecule has 2 aliphatic rings. The molecule has 2 amide bonds. The Morgan fingerprint density at radius 1 is 1.13 bits per heavy atom. The van der Waals surface area contributed by atoms with Gasteiger partial charge in [-0.2, -0.15) is 0 Å². The van der Waals surface area contributed by atoms with E-state index >= 15 is 0 Å². The first-order chi connectivity index (χ1) is 15.2. The molecule has 2 aromatic carbocycles. The highest BCUT2D eigenvalue weighted by molar-refractivity contribution is 6.00. The highest BCUT2D eigenvalue weighted by Gasteiger charge is 2.27. The average molecular weight is 424 g/mol. The molecule has 1 fully saturated rings. The van der Waals surface area contributed by atoms with E-state index in [4.69, 9.17) is 9.47 Å². The molecule has 0 aliphatic carbocycles. The van der Waals surface area contributed by atoms with Crippen molar-refractivity contribution in [2.24, 2.45) is 0 Å². The minimum absolute atomic E-state index is 0.0193. The number of hydrogen-bond acceptors (Lipinski definition) is 5. The minimum Gasteiger partial charge on any atom is -0.497 e. The van der Waals surface area contributed by atoms with Gasteiger partial charge in [0.25, 0.3) is 0 Å². The molecule has 4 rings (SSSR count). The molecule has 2 aromatic rings. The van der Waals surface area contributed by atoms with Gasteiger partial charge in [-0.25, -0.2) is 0 Å². The van der Waals surface area contributed by atoms with E-state index in [-0.39, 0.29) is 30.8 Å². The third kappa shape index (κ3) is 4.99. The van der Waals surface area contributed by atoms with Crippen molar-refractivity contribution in [1.29, 1.82) is 0 Å². The molecule has 1 N–H and O–H groups in total. The van der Waals surface area contributed by atoms with Crippen LogP contribution in [-0.2, 0) is 9.59 Å².